The molecule has 1 N–H and O–H groups in total. The topological polar surface area (TPSA) is 98.5 Å². The van der Waals surface area contributed by atoms with Gasteiger partial charge in [0.1, 0.15) is 5.75 Å². The van der Waals surface area contributed by atoms with Crippen LogP contribution >= 0.6 is 0 Å². The van der Waals surface area contributed by atoms with Crippen LogP contribution in [0.15, 0.2) is 54.6 Å². The van der Waals surface area contributed by atoms with Crippen molar-refractivity contribution in [1.82, 2.24) is 5.32 Å². The minimum absolute atomic E-state index is 0.0550. The molecule has 1 atom stereocenters. The van der Waals surface area contributed by atoms with Gasteiger partial charge < -0.3 is 10.1 Å². The summed E-state index contributed by atoms with van der Waals surface area (Å²) in [4.78, 5) is 33.5. The fraction of sp³-hybridized carbons (Fsp3) is 0.176. The molecule has 2 aromatic carbocycles. The molecule has 0 aliphatic rings. The first-order chi connectivity index (χ1) is 11.5. The Labute approximate surface area is 138 Å². The molecule has 0 saturated heterocycles. The smallest absolute Gasteiger partial charge is 0.313 e. The minimum atomic E-state index is -0.550. The van der Waals surface area contributed by atoms with Crippen LogP contribution in [0.1, 0.15) is 24.9 Å². The molecule has 0 bridgehead atoms. The summed E-state index contributed by atoms with van der Waals surface area (Å²) in [5, 5.41) is 13.3. The number of nitro groups is 1. The van der Waals surface area contributed by atoms with Crippen molar-refractivity contribution in [3.8, 4) is 5.75 Å². The van der Waals surface area contributed by atoms with E-state index in [1.54, 1.807) is 12.1 Å². The number of ether oxygens (including phenoxy) is 1. The Balaban J connectivity index is 2.04. The maximum atomic E-state index is 12.1. The summed E-state index contributed by atoms with van der Waals surface area (Å²) in [6, 6.07) is 13.8. The number of hydrogen-bond acceptors (Lipinski definition) is 5. The Morgan fingerprint density at radius 1 is 1.12 bits per heavy atom. The molecule has 0 saturated carbocycles. The van der Waals surface area contributed by atoms with Gasteiger partial charge in [-0.15, -0.1) is 0 Å². The molecule has 0 heterocycles. The van der Waals surface area contributed by atoms with E-state index in [4.69, 9.17) is 4.74 Å². The number of nitro benzene ring substituents is 1. The average molecular weight is 328 g/mol. The lowest BCUT2D eigenvalue weighted by Gasteiger charge is -2.17. The van der Waals surface area contributed by atoms with Gasteiger partial charge in [0.05, 0.1) is 17.4 Å². The number of nitrogens with zero attached hydrogens (tertiary/aromatic N) is 1. The highest BCUT2D eigenvalue weighted by Crippen LogP contribution is 2.21. The third kappa shape index (κ3) is 4.91. The van der Waals surface area contributed by atoms with Gasteiger partial charge in [-0.2, -0.15) is 0 Å². The number of amides is 1. The zero-order valence-electron chi connectivity index (χ0n) is 13.0. The van der Waals surface area contributed by atoms with Crippen LogP contribution in [0.5, 0.6) is 5.75 Å². The molecular weight excluding hydrogens is 312 g/mol. The highest BCUT2D eigenvalue weighted by molar-refractivity contribution is 5.77. The maximum absolute atomic E-state index is 12.1. The molecule has 0 spiro atoms. The predicted octanol–water partition coefficient (Wildman–Crippen LogP) is 2.77. The fourth-order valence-corrected chi connectivity index (χ4v) is 2.16. The number of non-ortho nitro benzene ring substituents is 1. The lowest BCUT2D eigenvalue weighted by molar-refractivity contribution is -0.384. The molecule has 7 heteroatoms. The first-order valence-corrected chi connectivity index (χ1v) is 7.23. The second kappa shape index (κ2) is 7.87. The summed E-state index contributed by atoms with van der Waals surface area (Å²) in [5.74, 6) is -0.598. The molecule has 1 amide bonds. The second-order valence-electron chi connectivity index (χ2n) is 5.09. The van der Waals surface area contributed by atoms with Gasteiger partial charge >= 0.3 is 5.97 Å². The molecule has 0 aliphatic carbocycles. The molecule has 0 radical (unpaired) electrons. The van der Waals surface area contributed by atoms with Gasteiger partial charge in [-0.1, -0.05) is 30.3 Å². The fourth-order valence-electron chi connectivity index (χ4n) is 2.16. The summed E-state index contributed by atoms with van der Waals surface area (Å²) >= 11 is 0. The molecule has 24 heavy (non-hydrogen) atoms. The first kappa shape index (κ1) is 17.1. The lowest BCUT2D eigenvalue weighted by Crippen LogP contribution is -2.29. The molecule has 2 aromatic rings. The molecule has 0 aliphatic heterocycles. The van der Waals surface area contributed by atoms with Crippen LogP contribution in [0.2, 0.25) is 0 Å². The lowest BCUT2D eigenvalue weighted by atomic mass is 10.0. The number of rotatable bonds is 6. The maximum Gasteiger partial charge on any atom is 0.313 e. The van der Waals surface area contributed by atoms with Gasteiger partial charge in [0, 0.05) is 19.1 Å². The normalized spacial score (nSPS) is 11.4. The summed E-state index contributed by atoms with van der Waals surface area (Å²) in [6.45, 7) is 1.37. The van der Waals surface area contributed by atoms with Crippen LogP contribution < -0.4 is 10.1 Å². The van der Waals surface area contributed by atoms with E-state index in [1.165, 1.54) is 31.2 Å². The summed E-state index contributed by atoms with van der Waals surface area (Å²) in [5.41, 5.74) is 0.698. The Bertz CT molecular complexity index is 728. The molecule has 2 rings (SSSR count). The van der Waals surface area contributed by atoms with E-state index in [0.717, 1.165) is 5.56 Å². The first-order valence-electron chi connectivity index (χ1n) is 7.23. The van der Waals surface area contributed by atoms with Gasteiger partial charge in [0.2, 0.25) is 5.91 Å². The van der Waals surface area contributed by atoms with E-state index in [2.05, 4.69) is 5.32 Å². The van der Waals surface area contributed by atoms with Crippen molar-refractivity contribution in [2.75, 3.05) is 0 Å². The highest BCUT2D eigenvalue weighted by atomic mass is 16.6. The van der Waals surface area contributed by atoms with Crippen LogP contribution in [0, 0.1) is 10.1 Å². The third-order valence-electron chi connectivity index (χ3n) is 3.23. The highest BCUT2D eigenvalue weighted by Gasteiger charge is 2.18. The van der Waals surface area contributed by atoms with Crippen molar-refractivity contribution >= 4 is 17.6 Å². The van der Waals surface area contributed by atoms with Gasteiger partial charge in [-0.25, -0.2) is 0 Å². The van der Waals surface area contributed by atoms with Gasteiger partial charge in [-0.3, -0.25) is 19.7 Å². The van der Waals surface area contributed by atoms with E-state index in [0.29, 0.717) is 0 Å². The largest absolute Gasteiger partial charge is 0.426 e. The monoisotopic (exact) mass is 328 g/mol. The Morgan fingerprint density at radius 3 is 2.29 bits per heavy atom. The number of carbonyl (C=O) groups excluding carboxylic acids is 2. The quantitative estimate of drug-likeness (QED) is 0.380. The van der Waals surface area contributed by atoms with Gasteiger partial charge in [0.15, 0.2) is 0 Å². The standard InChI is InChI=1S/C17H16N2O5/c1-12(20)18-16(13-5-3-2-4-6-13)11-17(21)24-15-9-7-14(8-10-15)19(22)23/h2-10,16H,11H2,1H3,(H,18,20). The molecular formula is C17H16N2O5. The Kier molecular flexibility index (Phi) is 5.62. The minimum Gasteiger partial charge on any atom is -0.426 e. The van der Waals surface area contributed by atoms with Crippen molar-refractivity contribution < 1.29 is 19.2 Å². The molecule has 0 fully saturated rings. The van der Waals surface area contributed by atoms with E-state index in [9.17, 15) is 19.7 Å². The Morgan fingerprint density at radius 2 is 1.75 bits per heavy atom. The van der Waals surface area contributed by atoms with Crippen molar-refractivity contribution in [1.29, 1.82) is 0 Å². The van der Waals surface area contributed by atoms with Crippen molar-refractivity contribution in [2.24, 2.45) is 0 Å². The van der Waals surface area contributed by atoms with Gasteiger partial charge in [0.25, 0.3) is 5.69 Å². The summed E-state index contributed by atoms with van der Waals surface area (Å²) < 4.78 is 5.17. The van der Waals surface area contributed by atoms with Crippen molar-refractivity contribution in [3.63, 3.8) is 0 Å². The van der Waals surface area contributed by atoms with Crippen LogP contribution in [0.25, 0.3) is 0 Å². The Hall–Kier alpha value is -3.22. The number of hydrogen-bond donors (Lipinski definition) is 1. The van der Waals surface area contributed by atoms with Crippen molar-refractivity contribution in [2.45, 2.75) is 19.4 Å². The molecule has 1 unspecified atom stereocenters. The van der Waals surface area contributed by atoms with Crippen LogP contribution in [0.3, 0.4) is 0 Å². The van der Waals surface area contributed by atoms with Crippen LogP contribution in [-0.2, 0) is 9.59 Å². The molecule has 0 aromatic heterocycles. The van der Waals surface area contributed by atoms with Gasteiger partial charge in [-0.05, 0) is 17.7 Å². The average Bonchev–Trinajstić information content (AvgIpc) is 2.55. The molecule has 7 nitrogen and oxygen atoms in total. The van der Waals surface area contributed by atoms with Crippen molar-refractivity contribution in [3.05, 3.63) is 70.3 Å². The van der Waals surface area contributed by atoms with E-state index in [1.807, 2.05) is 18.2 Å². The number of carbonyl (C=O) groups is 2. The zero-order chi connectivity index (χ0) is 17.5. The van der Waals surface area contributed by atoms with E-state index >= 15 is 0 Å². The number of nitrogens with one attached hydrogen (secondary N) is 1. The van der Waals surface area contributed by atoms with E-state index < -0.39 is 16.9 Å². The zero-order valence-corrected chi connectivity index (χ0v) is 13.0. The second-order valence-corrected chi connectivity index (χ2v) is 5.09. The summed E-state index contributed by atoms with van der Waals surface area (Å²) in [6.07, 6.45) is -0.0550. The number of benzene rings is 2. The van der Waals surface area contributed by atoms with Crippen LogP contribution in [0.4, 0.5) is 5.69 Å². The SMILES string of the molecule is CC(=O)NC(CC(=O)Oc1ccc([N+](=O)[O-])cc1)c1ccccc1. The van der Waals surface area contributed by atoms with Crippen LogP contribution in [-0.4, -0.2) is 16.8 Å². The predicted molar refractivity (Wildman–Crippen MR) is 86.3 cm³/mol. The number of esters is 1. The summed E-state index contributed by atoms with van der Waals surface area (Å²) in [7, 11) is 0. The molecule has 124 valence electrons. The van der Waals surface area contributed by atoms with E-state index in [-0.39, 0.29) is 23.8 Å². The third-order valence-corrected chi connectivity index (χ3v) is 3.23.